The summed E-state index contributed by atoms with van der Waals surface area (Å²) >= 11 is 5.99. The van der Waals surface area contributed by atoms with Crippen LogP contribution in [-0.4, -0.2) is 15.0 Å². The van der Waals surface area contributed by atoms with E-state index in [4.69, 9.17) is 11.6 Å². The van der Waals surface area contributed by atoms with E-state index in [0.29, 0.717) is 11.6 Å². The molecule has 1 atom stereocenters. The number of halogens is 1. The van der Waals surface area contributed by atoms with Crippen LogP contribution in [0.25, 0.3) is 11.0 Å². The van der Waals surface area contributed by atoms with Gasteiger partial charge in [-0.3, -0.25) is 13.9 Å². The van der Waals surface area contributed by atoms with Crippen LogP contribution >= 0.6 is 11.6 Å². The minimum Gasteiger partial charge on any atom is -0.350 e. The van der Waals surface area contributed by atoms with Crippen LogP contribution in [0, 0.1) is 0 Å². The molecule has 1 unspecified atom stereocenters. The Bertz CT molecular complexity index is 974. The fourth-order valence-electron chi connectivity index (χ4n) is 2.97. The van der Waals surface area contributed by atoms with Crippen molar-refractivity contribution in [3.63, 3.8) is 0 Å². The van der Waals surface area contributed by atoms with Crippen LogP contribution in [0.2, 0.25) is 5.02 Å². The van der Waals surface area contributed by atoms with Crippen molar-refractivity contribution >= 4 is 28.5 Å². The molecule has 0 spiro atoms. The molecule has 130 valence electrons. The molecule has 0 radical (unpaired) electrons. The van der Waals surface area contributed by atoms with E-state index in [1.807, 2.05) is 49.4 Å². The van der Waals surface area contributed by atoms with E-state index in [-0.39, 0.29) is 24.1 Å². The van der Waals surface area contributed by atoms with E-state index in [1.165, 1.54) is 0 Å². The van der Waals surface area contributed by atoms with Gasteiger partial charge in [-0.25, -0.2) is 4.79 Å². The Hall–Kier alpha value is -2.53. The lowest BCUT2D eigenvalue weighted by atomic mass is 10.1. The van der Waals surface area contributed by atoms with Gasteiger partial charge >= 0.3 is 5.69 Å². The number of fused-ring (bicyclic) bond motifs is 1. The average molecular weight is 358 g/mol. The van der Waals surface area contributed by atoms with E-state index in [9.17, 15) is 9.59 Å². The summed E-state index contributed by atoms with van der Waals surface area (Å²) in [5, 5.41) is 3.59. The monoisotopic (exact) mass is 357 g/mol. The molecule has 3 rings (SSSR count). The maximum absolute atomic E-state index is 12.4. The molecule has 3 aromatic rings. The maximum Gasteiger partial charge on any atom is 0.328 e. The zero-order valence-corrected chi connectivity index (χ0v) is 15.0. The molecule has 5 nitrogen and oxygen atoms in total. The Labute approximate surface area is 150 Å². The van der Waals surface area contributed by atoms with Crippen molar-refractivity contribution < 1.29 is 4.79 Å². The number of carbonyl (C=O) groups excluding carboxylic acids is 1. The fourth-order valence-corrected chi connectivity index (χ4v) is 3.16. The van der Waals surface area contributed by atoms with Crippen molar-refractivity contribution in [2.75, 3.05) is 0 Å². The molecule has 1 amide bonds. The lowest BCUT2D eigenvalue weighted by Gasteiger charge is -2.14. The van der Waals surface area contributed by atoms with Gasteiger partial charge in [0.15, 0.2) is 0 Å². The number of hydrogen-bond acceptors (Lipinski definition) is 2. The molecule has 0 bridgehead atoms. The number of para-hydroxylation sites is 2. The number of aryl methyl sites for hydroxylation is 2. The van der Waals surface area contributed by atoms with E-state index in [0.717, 1.165) is 16.6 Å². The predicted octanol–water partition coefficient (Wildman–Crippen LogP) is 3.26. The number of nitrogens with one attached hydrogen (secondary N) is 1. The molecule has 0 aliphatic carbocycles. The quantitative estimate of drug-likeness (QED) is 0.762. The molecule has 25 heavy (non-hydrogen) atoms. The second-order valence-corrected chi connectivity index (χ2v) is 6.51. The number of carbonyl (C=O) groups is 1. The average Bonchev–Trinajstić information content (AvgIpc) is 2.84. The Kier molecular flexibility index (Phi) is 4.95. The number of rotatable bonds is 5. The minimum absolute atomic E-state index is 0.104. The van der Waals surface area contributed by atoms with Crippen LogP contribution in [-0.2, 0) is 18.4 Å². The molecule has 0 fully saturated rings. The van der Waals surface area contributed by atoms with Crippen molar-refractivity contribution in [3.05, 3.63) is 69.6 Å². The highest BCUT2D eigenvalue weighted by Gasteiger charge is 2.13. The number of imidazole rings is 1. The molecule has 0 aliphatic rings. The maximum atomic E-state index is 12.4. The molecule has 0 aliphatic heterocycles. The molecular formula is C19H20ClN3O2. The van der Waals surface area contributed by atoms with Gasteiger partial charge in [-0.15, -0.1) is 0 Å². The summed E-state index contributed by atoms with van der Waals surface area (Å²) in [5.74, 6) is -0.104. The summed E-state index contributed by atoms with van der Waals surface area (Å²) in [7, 11) is 1.74. The predicted molar refractivity (Wildman–Crippen MR) is 99.8 cm³/mol. The SMILES string of the molecule is CC(NC(=O)CCn1c(=O)n(C)c2ccccc21)c1cccc(Cl)c1. The van der Waals surface area contributed by atoms with Crippen LogP contribution in [0.1, 0.15) is 24.9 Å². The smallest absolute Gasteiger partial charge is 0.328 e. The number of benzene rings is 2. The van der Waals surface area contributed by atoms with Crippen LogP contribution in [0.4, 0.5) is 0 Å². The lowest BCUT2D eigenvalue weighted by molar-refractivity contribution is -0.121. The third kappa shape index (κ3) is 3.61. The summed E-state index contributed by atoms with van der Waals surface area (Å²) < 4.78 is 3.24. The Balaban J connectivity index is 1.69. The van der Waals surface area contributed by atoms with E-state index in [1.54, 1.807) is 22.2 Å². The van der Waals surface area contributed by atoms with Crippen molar-refractivity contribution in [2.24, 2.45) is 7.05 Å². The van der Waals surface area contributed by atoms with Gasteiger partial charge in [-0.1, -0.05) is 35.9 Å². The van der Waals surface area contributed by atoms with Crippen molar-refractivity contribution in [1.82, 2.24) is 14.5 Å². The van der Waals surface area contributed by atoms with Gasteiger partial charge < -0.3 is 5.32 Å². The van der Waals surface area contributed by atoms with E-state index >= 15 is 0 Å². The van der Waals surface area contributed by atoms with Gasteiger partial charge in [0.1, 0.15) is 0 Å². The summed E-state index contributed by atoms with van der Waals surface area (Å²) in [4.78, 5) is 24.6. The zero-order chi connectivity index (χ0) is 18.0. The number of amides is 1. The highest BCUT2D eigenvalue weighted by atomic mass is 35.5. The first kappa shape index (κ1) is 17.3. The third-order valence-electron chi connectivity index (χ3n) is 4.34. The summed E-state index contributed by atoms with van der Waals surface area (Å²) in [6.07, 6.45) is 0.235. The summed E-state index contributed by atoms with van der Waals surface area (Å²) in [5.41, 5.74) is 2.53. The van der Waals surface area contributed by atoms with Gasteiger partial charge in [0.25, 0.3) is 0 Å². The third-order valence-corrected chi connectivity index (χ3v) is 4.58. The van der Waals surface area contributed by atoms with Crippen LogP contribution in [0.5, 0.6) is 0 Å². The van der Waals surface area contributed by atoms with Crippen molar-refractivity contribution in [2.45, 2.75) is 25.9 Å². The molecule has 2 aromatic carbocycles. The summed E-state index contributed by atoms with van der Waals surface area (Å²) in [6, 6.07) is 14.8. The van der Waals surface area contributed by atoms with Crippen LogP contribution in [0.15, 0.2) is 53.3 Å². The molecule has 1 heterocycles. The topological polar surface area (TPSA) is 56.0 Å². The Morgan fingerprint density at radius 1 is 1.16 bits per heavy atom. The summed E-state index contributed by atoms with van der Waals surface area (Å²) in [6.45, 7) is 2.25. The second-order valence-electron chi connectivity index (χ2n) is 6.08. The molecule has 6 heteroatoms. The number of aromatic nitrogens is 2. The Morgan fingerprint density at radius 3 is 2.60 bits per heavy atom. The first-order valence-electron chi connectivity index (χ1n) is 8.16. The number of hydrogen-bond donors (Lipinski definition) is 1. The van der Waals surface area contributed by atoms with E-state index in [2.05, 4.69) is 5.32 Å². The van der Waals surface area contributed by atoms with Gasteiger partial charge in [0, 0.05) is 25.0 Å². The highest BCUT2D eigenvalue weighted by Crippen LogP contribution is 2.17. The highest BCUT2D eigenvalue weighted by molar-refractivity contribution is 6.30. The van der Waals surface area contributed by atoms with Gasteiger partial charge in [-0.05, 0) is 36.8 Å². The van der Waals surface area contributed by atoms with Crippen molar-refractivity contribution in [3.8, 4) is 0 Å². The van der Waals surface area contributed by atoms with E-state index < -0.39 is 0 Å². The zero-order valence-electron chi connectivity index (χ0n) is 14.2. The second kappa shape index (κ2) is 7.15. The van der Waals surface area contributed by atoms with Crippen molar-refractivity contribution in [1.29, 1.82) is 0 Å². The standard InChI is InChI=1S/C19H20ClN3O2/c1-13(14-6-5-7-15(20)12-14)21-18(24)10-11-23-17-9-4-3-8-16(17)22(2)19(23)25/h3-9,12-13H,10-11H2,1-2H3,(H,21,24). The molecular weight excluding hydrogens is 338 g/mol. The van der Waals surface area contributed by atoms with Gasteiger partial charge in [0.2, 0.25) is 5.91 Å². The molecule has 1 N–H and O–H groups in total. The van der Waals surface area contributed by atoms with Crippen LogP contribution in [0.3, 0.4) is 0 Å². The molecule has 1 aromatic heterocycles. The normalized spacial score (nSPS) is 12.3. The first-order chi connectivity index (χ1) is 12.0. The molecule has 0 saturated heterocycles. The van der Waals surface area contributed by atoms with Crippen LogP contribution < -0.4 is 11.0 Å². The Morgan fingerprint density at radius 2 is 1.88 bits per heavy atom. The largest absolute Gasteiger partial charge is 0.350 e. The molecule has 0 saturated carbocycles. The minimum atomic E-state index is -0.143. The fraction of sp³-hybridized carbons (Fsp3) is 0.263. The van der Waals surface area contributed by atoms with Gasteiger partial charge in [0.05, 0.1) is 17.1 Å². The van der Waals surface area contributed by atoms with Gasteiger partial charge in [-0.2, -0.15) is 0 Å². The first-order valence-corrected chi connectivity index (χ1v) is 8.54. The lowest BCUT2D eigenvalue weighted by Crippen LogP contribution is -2.29. The number of nitrogens with zero attached hydrogens (tertiary/aromatic N) is 2.